The van der Waals surface area contributed by atoms with Gasteiger partial charge < -0.3 is 20.7 Å². The van der Waals surface area contributed by atoms with Crippen LogP contribution < -0.4 is 20.7 Å². The highest BCUT2D eigenvalue weighted by Gasteiger charge is 2.24. The number of anilines is 3. The van der Waals surface area contributed by atoms with Crippen LogP contribution in [0.15, 0.2) is 48.3 Å². The fraction of sp³-hybridized carbons (Fsp3) is 0.227. The molecule has 2 aromatic heterocycles. The molecule has 5 rings (SSSR count). The fourth-order valence-electron chi connectivity index (χ4n) is 3.54. The molecule has 158 valence electrons. The summed E-state index contributed by atoms with van der Waals surface area (Å²) in [6.07, 6.45) is 6.19. The lowest BCUT2D eigenvalue weighted by Crippen LogP contribution is -2.10. The molecule has 0 bridgehead atoms. The molecule has 0 spiro atoms. The number of amides is 1. The molecule has 3 aromatic rings. The zero-order valence-electron chi connectivity index (χ0n) is 16.9. The molecule has 8 nitrogen and oxygen atoms in total. The first-order valence-corrected chi connectivity index (χ1v) is 10.3. The maximum Gasteiger partial charge on any atom is 0.228 e. The van der Waals surface area contributed by atoms with E-state index in [1.807, 2.05) is 24.3 Å². The number of methoxy groups -OCH3 is 1. The summed E-state index contributed by atoms with van der Waals surface area (Å²) in [5, 5.41) is 14.6. The fourth-order valence-corrected chi connectivity index (χ4v) is 3.79. The van der Waals surface area contributed by atoms with Crippen molar-refractivity contribution in [1.82, 2.24) is 19.9 Å². The normalized spacial score (nSPS) is 17.3. The predicted molar refractivity (Wildman–Crippen MR) is 121 cm³/mol. The van der Waals surface area contributed by atoms with Crippen molar-refractivity contribution >= 4 is 46.6 Å². The van der Waals surface area contributed by atoms with Gasteiger partial charge in [0.15, 0.2) is 11.4 Å². The van der Waals surface area contributed by atoms with E-state index in [9.17, 15) is 4.79 Å². The number of para-hydroxylation sites is 1. The average molecular weight is 437 g/mol. The number of ether oxygens (including phenoxy) is 1. The molecule has 1 saturated carbocycles. The van der Waals surface area contributed by atoms with Crippen molar-refractivity contribution in [2.45, 2.75) is 25.3 Å². The molecule has 1 saturated heterocycles. The summed E-state index contributed by atoms with van der Waals surface area (Å²) in [7, 11) is 1.58. The van der Waals surface area contributed by atoms with Crippen LogP contribution in [-0.2, 0) is 4.79 Å². The second-order valence-corrected chi connectivity index (χ2v) is 8.01. The second-order valence-electron chi connectivity index (χ2n) is 7.60. The highest BCUT2D eigenvalue weighted by Crippen LogP contribution is 2.35. The minimum atomic E-state index is -0.0628. The lowest BCUT2D eigenvalue weighted by molar-refractivity contribution is -0.118. The Morgan fingerprint density at radius 2 is 2.23 bits per heavy atom. The Morgan fingerprint density at radius 3 is 2.94 bits per heavy atom. The molecule has 2 fully saturated rings. The SMILES string of the molecule is C=C1NC(=O)C/C1=C\c1cnn2c(NC3CC3)cc(Nc3cccc(Cl)c3OC)nc12. The van der Waals surface area contributed by atoms with E-state index in [-0.39, 0.29) is 5.91 Å². The van der Waals surface area contributed by atoms with Crippen molar-refractivity contribution in [2.75, 3.05) is 17.7 Å². The number of halogens is 1. The number of nitrogens with one attached hydrogen (secondary N) is 3. The van der Waals surface area contributed by atoms with Crippen LogP contribution in [0.5, 0.6) is 5.75 Å². The van der Waals surface area contributed by atoms with Gasteiger partial charge in [-0.25, -0.2) is 4.98 Å². The predicted octanol–water partition coefficient (Wildman–Crippen LogP) is 4.13. The van der Waals surface area contributed by atoms with Crippen molar-refractivity contribution in [2.24, 2.45) is 0 Å². The monoisotopic (exact) mass is 436 g/mol. The lowest BCUT2D eigenvalue weighted by atomic mass is 10.1. The molecule has 2 aliphatic rings. The van der Waals surface area contributed by atoms with E-state index in [0.29, 0.717) is 46.1 Å². The van der Waals surface area contributed by atoms with Gasteiger partial charge in [-0.3, -0.25) is 4.79 Å². The molecule has 0 radical (unpaired) electrons. The molecule has 1 aliphatic carbocycles. The van der Waals surface area contributed by atoms with Gasteiger partial charge in [0, 0.05) is 23.4 Å². The third kappa shape index (κ3) is 3.82. The molecular formula is C22H21ClN6O2. The largest absolute Gasteiger partial charge is 0.493 e. The average Bonchev–Trinajstić information content (AvgIpc) is 3.37. The van der Waals surface area contributed by atoms with Crippen molar-refractivity contribution < 1.29 is 9.53 Å². The minimum absolute atomic E-state index is 0.0628. The van der Waals surface area contributed by atoms with Crippen molar-refractivity contribution in [3.8, 4) is 5.75 Å². The minimum Gasteiger partial charge on any atom is -0.493 e. The molecule has 31 heavy (non-hydrogen) atoms. The summed E-state index contributed by atoms with van der Waals surface area (Å²) >= 11 is 6.27. The first-order valence-electron chi connectivity index (χ1n) is 9.96. The summed E-state index contributed by atoms with van der Waals surface area (Å²) in [6, 6.07) is 7.84. The first-order chi connectivity index (χ1) is 15.0. The third-order valence-electron chi connectivity index (χ3n) is 5.22. The van der Waals surface area contributed by atoms with Crippen LogP contribution in [0.3, 0.4) is 0 Å². The van der Waals surface area contributed by atoms with Crippen LogP contribution in [0, 0.1) is 0 Å². The molecule has 1 aromatic carbocycles. The van der Waals surface area contributed by atoms with Crippen LogP contribution in [0.2, 0.25) is 5.02 Å². The van der Waals surface area contributed by atoms with Gasteiger partial charge in [0.2, 0.25) is 5.91 Å². The molecule has 0 unspecified atom stereocenters. The Balaban J connectivity index is 1.59. The van der Waals surface area contributed by atoms with Crippen molar-refractivity contribution in [3.05, 3.63) is 58.9 Å². The van der Waals surface area contributed by atoms with Gasteiger partial charge in [-0.2, -0.15) is 9.61 Å². The van der Waals surface area contributed by atoms with Gasteiger partial charge in [-0.1, -0.05) is 24.2 Å². The van der Waals surface area contributed by atoms with Gasteiger partial charge >= 0.3 is 0 Å². The Labute approximate surface area is 184 Å². The maximum atomic E-state index is 11.7. The Kier molecular flexibility index (Phi) is 4.78. The number of carbonyl (C=O) groups is 1. The number of benzene rings is 1. The number of nitrogens with zero attached hydrogens (tertiary/aromatic N) is 3. The summed E-state index contributed by atoms with van der Waals surface area (Å²) in [5.41, 5.74) is 3.61. The van der Waals surface area contributed by atoms with Crippen LogP contribution >= 0.6 is 11.6 Å². The van der Waals surface area contributed by atoms with E-state index in [1.54, 1.807) is 23.9 Å². The zero-order valence-corrected chi connectivity index (χ0v) is 17.7. The van der Waals surface area contributed by atoms with Gasteiger partial charge in [-0.15, -0.1) is 0 Å². The molecule has 1 amide bonds. The Morgan fingerprint density at radius 1 is 1.39 bits per heavy atom. The van der Waals surface area contributed by atoms with E-state index >= 15 is 0 Å². The second kappa shape index (κ2) is 7.63. The molecule has 9 heteroatoms. The van der Waals surface area contributed by atoms with Crippen LogP contribution in [0.25, 0.3) is 11.7 Å². The third-order valence-corrected chi connectivity index (χ3v) is 5.52. The maximum absolute atomic E-state index is 11.7. The molecule has 0 atom stereocenters. The quantitative estimate of drug-likeness (QED) is 0.538. The van der Waals surface area contributed by atoms with E-state index in [4.69, 9.17) is 21.3 Å². The van der Waals surface area contributed by atoms with Gasteiger partial charge in [0.1, 0.15) is 11.6 Å². The zero-order chi connectivity index (χ0) is 21.5. The van der Waals surface area contributed by atoms with Crippen LogP contribution in [0.4, 0.5) is 17.3 Å². The molecule has 1 aliphatic heterocycles. The van der Waals surface area contributed by atoms with E-state index in [1.165, 1.54) is 0 Å². The highest BCUT2D eigenvalue weighted by molar-refractivity contribution is 6.32. The number of allylic oxidation sites excluding steroid dienone is 1. The lowest BCUT2D eigenvalue weighted by Gasteiger charge is -2.14. The highest BCUT2D eigenvalue weighted by atomic mass is 35.5. The van der Waals surface area contributed by atoms with Gasteiger partial charge in [-0.05, 0) is 36.6 Å². The topological polar surface area (TPSA) is 92.6 Å². The van der Waals surface area contributed by atoms with E-state index < -0.39 is 0 Å². The summed E-state index contributed by atoms with van der Waals surface area (Å²) < 4.78 is 7.22. The smallest absolute Gasteiger partial charge is 0.228 e. The molecule has 3 N–H and O–H groups in total. The van der Waals surface area contributed by atoms with Crippen molar-refractivity contribution in [3.63, 3.8) is 0 Å². The van der Waals surface area contributed by atoms with Gasteiger partial charge in [0.25, 0.3) is 0 Å². The van der Waals surface area contributed by atoms with E-state index in [2.05, 4.69) is 27.6 Å². The molecular weight excluding hydrogens is 416 g/mol. The summed E-state index contributed by atoms with van der Waals surface area (Å²) in [5.74, 6) is 1.94. The van der Waals surface area contributed by atoms with Crippen LogP contribution in [-0.4, -0.2) is 33.7 Å². The first kappa shape index (κ1) is 19.4. The number of hydrogen-bond donors (Lipinski definition) is 3. The number of fused-ring (bicyclic) bond motifs is 1. The van der Waals surface area contributed by atoms with E-state index in [0.717, 1.165) is 29.8 Å². The number of carbonyl (C=O) groups excluding carboxylic acids is 1. The number of rotatable bonds is 6. The Bertz CT molecular complexity index is 1240. The van der Waals surface area contributed by atoms with Crippen molar-refractivity contribution in [1.29, 1.82) is 0 Å². The van der Waals surface area contributed by atoms with Crippen LogP contribution in [0.1, 0.15) is 24.8 Å². The number of hydrogen-bond acceptors (Lipinski definition) is 6. The number of aromatic nitrogens is 3. The Hall–Kier alpha value is -3.52. The standard InChI is InChI=1S/C22H21ClN6O2/c1-12-13(9-20(30)25-12)8-14-11-24-29-19(26-15-6-7-15)10-18(28-22(14)29)27-17-5-3-4-16(23)21(17)31-2/h3-5,8,10-11,15,26H,1,6-7,9H2,2H3,(H,25,30)(H,27,28)/b13-8+. The summed E-state index contributed by atoms with van der Waals surface area (Å²) in [4.78, 5) is 16.5. The van der Waals surface area contributed by atoms with Gasteiger partial charge in [0.05, 0.1) is 30.4 Å². The molecule has 3 heterocycles. The summed E-state index contributed by atoms with van der Waals surface area (Å²) in [6.45, 7) is 3.91.